The van der Waals surface area contributed by atoms with Crippen LogP contribution in [0.5, 0.6) is 0 Å². The second-order valence-corrected chi connectivity index (χ2v) is 8.21. The van der Waals surface area contributed by atoms with Crippen molar-refractivity contribution < 1.29 is 9.90 Å². The fourth-order valence-electron chi connectivity index (χ4n) is 4.03. The van der Waals surface area contributed by atoms with Crippen LogP contribution in [0.1, 0.15) is 47.8 Å². The fourth-order valence-corrected chi connectivity index (χ4v) is 4.45. The molecule has 0 aliphatic heterocycles. The molecule has 1 aliphatic rings. The number of aliphatic hydroxyl groups is 1. The maximum atomic E-state index is 12.5. The average Bonchev–Trinajstić information content (AvgIpc) is 3.15. The molecule has 3 unspecified atom stereocenters. The van der Waals surface area contributed by atoms with Crippen LogP contribution in [-0.2, 0) is 0 Å². The van der Waals surface area contributed by atoms with Gasteiger partial charge in [-0.2, -0.15) is 0 Å². The van der Waals surface area contributed by atoms with E-state index in [9.17, 15) is 9.90 Å². The minimum absolute atomic E-state index is 0.0114. The molecule has 4 rings (SSSR count). The Hall–Kier alpha value is -2.08. The van der Waals surface area contributed by atoms with Crippen LogP contribution in [-0.4, -0.2) is 26.4 Å². The molecule has 0 spiro atoms. The zero-order valence-corrected chi connectivity index (χ0v) is 16.7. The molecule has 0 saturated heterocycles. The number of carbonyl (C=O) groups excluding carboxylic acids is 1. The van der Waals surface area contributed by atoms with Crippen molar-refractivity contribution >= 4 is 34.6 Å². The molecule has 1 aromatic carbocycles. The highest BCUT2D eigenvalue weighted by molar-refractivity contribution is 6.31. The Morgan fingerprint density at radius 2 is 2.07 bits per heavy atom. The lowest BCUT2D eigenvalue weighted by Gasteiger charge is -2.33. The molecule has 1 fully saturated rings. The Bertz CT molecular complexity index is 1000. The molecule has 1 aliphatic carbocycles. The maximum Gasteiger partial charge on any atom is 0.251 e. The number of hydrogen-bond acceptors (Lipinski definition) is 3. The van der Waals surface area contributed by atoms with Gasteiger partial charge in [0.1, 0.15) is 0 Å². The number of fused-ring (bicyclic) bond motifs is 1. The van der Waals surface area contributed by atoms with Crippen molar-refractivity contribution in [2.75, 3.05) is 0 Å². The summed E-state index contributed by atoms with van der Waals surface area (Å²) in [5.41, 5.74) is 2.13. The van der Waals surface area contributed by atoms with Gasteiger partial charge in [-0.05, 0) is 55.5 Å². The summed E-state index contributed by atoms with van der Waals surface area (Å²) in [7, 11) is 0. The van der Waals surface area contributed by atoms with Gasteiger partial charge in [0.05, 0.1) is 29.8 Å². The number of rotatable bonds is 4. The molecule has 7 heteroatoms. The van der Waals surface area contributed by atoms with Gasteiger partial charge in [-0.1, -0.05) is 35.7 Å². The molecule has 5 nitrogen and oxygen atoms in total. The number of pyridine rings is 1. The van der Waals surface area contributed by atoms with Crippen LogP contribution in [0.4, 0.5) is 0 Å². The first kappa shape index (κ1) is 19.2. The number of aliphatic hydroxyl groups excluding tert-OH is 1. The van der Waals surface area contributed by atoms with Crippen molar-refractivity contribution in [3.63, 3.8) is 0 Å². The number of imidazole rings is 1. The summed E-state index contributed by atoms with van der Waals surface area (Å²) < 4.78 is 1.87. The lowest BCUT2D eigenvalue weighted by atomic mass is 9.81. The van der Waals surface area contributed by atoms with E-state index in [1.165, 1.54) is 0 Å². The van der Waals surface area contributed by atoms with Crippen LogP contribution in [0.25, 0.3) is 5.52 Å². The van der Waals surface area contributed by atoms with E-state index in [1.54, 1.807) is 42.9 Å². The molecule has 0 radical (unpaired) electrons. The lowest BCUT2D eigenvalue weighted by molar-refractivity contribution is 0.0664. The number of nitrogens with one attached hydrogen (secondary N) is 1. The van der Waals surface area contributed by atoms with E-state index in [2.05, 4.69) is 10.3 Å². The average molecular weight is 418 g/mol. The predicted molar refractivity (Wildman–Crippen MR) is 110 cm³/mol. The summed E-state index contributed by atoms with van der Waals surface area (Å²) in [6.45, 7) is 0. The number of hydrogen-bond donors (Lipinski definition) is 2. The van der Waals surface area contributed by atoms with Crippen molar-refractivity contribution in [2.45, 2.75) is 37.8 Å². The molecular weight excluding hydrogens is 397 g/mol. The van der Waals surface area contributed by atoms with E-state index in [4.69, 9.17) is 23.2 Å². The normalized spacial score (nSPS) is 20.8. The van der Waals surface area contributed by atoms with Gasteiger partial charge in [0.2, 0.25) is 0 Å². The maximum absolute atomic E-state index is 12.5. The van der Waals surface area contributed by atoms with E-state index >= 15 is 0 Å². The number of halogens is 2. The van der Waals surface area contributed by atoms with Crippen molar-refractivity contribution in [1.29, 1.82) is 0 Å². The van der Waals surface area contributed by atoms with Crippen molar-refractivity contribution in [2.24, 2.45) is 5.92 Å². The second kappa shape index (κ2) is 8.11. The molecule has 2 N–H and O–H groups in total. The van der Waals surface area contributed by atoms with Gasteiger partial charge in [0.25, 0.3) is 5.91 Å². The van der Waals surface area contributed by atoms with E-state index in [0.29, 0.717) is 22.0 Å². The summed E-state index contributed by atoms with van der Waals surface area (Å²) in [4.78, 5) is 16.7. The molecule has 1 saturated carbocycles. The largest absolute Gasteiger partial charge is 0.387 e. The highest BCUT2D eigenvalue weighted by Gasteiger charge is 2.30. The highest BCUT2D eigenvalue weighted by Crippen LogP contribution is 2.35. The second-order valence-electron chi connectivity index (χ2n) is 7.34. The summed E-state index contributed by atoms with van der Waals surface area (Å²) >= 11 is 12.2. The first-order valence-corrected chi connectivity index (χ1v) is 10.1. The summed E-state index contributed by atoms with van der Waals surface area (Å²) in [5, 5.41) is 15.3. The SMILES string of the molecule is O=C(NC1CCCC(C(O)c2cc(Cl)cc3cncn23)C1)c1cccc(Cl)c1. The Morgan fingerprint density at radius 1 is 1.21 bits per heavy atom. The monoisotopic (exact) mass is 417 g/mol. The Balaban J connectivity index is 1.48. The number of amides is 1. The van der Waals surface area contributed by atoms with E-state index in [-0.39, 0.29) is 17.9 Å². The van der Waals surface area contributed by atoms with Gasteiger partial charge in [0, 0.05) is 21.7 Å². The van der Waals surface area contributed by atoms with E-state index in [0.717, 1.165) is 30.5 Å². The summed E-state index contributed by atoms with van der Waals surface area (Å²) in [5.74, 6) is -0.107. The minimum atomic E-state index is -0.679. The Kier molecular flexibility index (Phi) is 5.58. The molecule has 2 heterocycles. The molecule has 3 atom stereocenters. The highest BCUT2D eigenvalue weighted by atomic mass is 35.5. The third-order valence-electron chi connectivity index (χ3n) is 5.40. The van der Waals surface area contributed by atoms with Gasteiger partial charge in [0.15, 0.2) is 0 Å². The molecule has 2 aromatic heterocycles. The van der Waals surface area contributed by atoms with Gasteiger partial charge in [-0.15, -0.1) is 0 Å². The van der Waals surface area contributed by atoms with Crippen LogP contribution < -0.4 is 5.32 Å². The number of nitrogens with zero attached hydrogens (tertiary/aromatic N) is 2. The molecule has 28 heavy (non-hydrogen) atoms. The molecule has 3 aromatic rings. The van der Waals surface area contributed by atoms with Crippen LogP contribution in [0, 0.1) is 5.92 Å². The van der Waals surface area contributed by atoms with Gasteiger partial charge in [-0.25, -0.2) is 4.98 Å². The fraction of sp³-hybridized carbons (Fsp3) is 0.333. The zero-order valence-electron chi connectivity index (χ0n) is 15.2. The van der Waals surface area contributed by atoms with Crippen molar-refractivity contribution in [1.82, 2.24) is 14.7 Å². The smallest absolute Gasteiger partial charge is 0.251 e. The number of aromatic nitrogens is 2. The van der Waals surface area contributed by atoms with Crippen molar-refractivity contribution in [3.05, 3.63) is 70.2 Å². The van der Waals surface area contributed by atoms with Crippen LogP contribution in [0.15, 0.2) is 48.9 Å². The van der Waals surface area contributed by atoms with Crippen LogP contribution in [0.3, 0.4) is 0 Å². The van der Waals surface area contributed by atoms with Gasteiger partial charge >= 0.3 is 0 Å². The van der Waals surface area contributed by atoms with Gasteiger partial charge in [-0.3, -0.25) is 4.79 Å². The Labute approximate surface area is 173 Å². The zero-order chi connectivity index (χ0) is 19.7. The first-order valence-electron chi connectivity index (χ1n) is 9.37. The minimum Gasteiger partial charge on any atom is -0.387 e. The third kappa shape index (κ3) is 4.02. The molecule has 1 amide bonds. The van der Waals surface area contributed by atoms with Crippen molar-refractivity contribution in [3.8, 4) is 0 Å². The van der Waals surface area contributed by atoms with Crippen LogP contribution >= 0.6 is 23.2 Å². The van der Waals surface area contributed by atoms with E-state index < -0.39 is 6.10 Å². The summed E-state index contributed by atoms with van der Waals surface area (Å²) in [6.07, 6.45) is 6.16. The van der Waals surface area contributed by atoms with Gasteiger partial charge < -0.3 is 14.8 Å². The molecular formula is C21H21Cl2N3O2. The predicted octanol–water partition coefficient (Wildman–Crippen LogP) is 4.66. The topological polar surface area (TPSA) is 66.6 Å². The quantitative estimate of drug-likeness (QED) is 0.648. The third-order valence-corrected chi connectivity index (χ3v) is 5.86. The van der Waals surface area contributed by atoms with E-state index in [1.807, 2.05) is 10.5 Å². The Morgan fingerprint density at radius 3 is 2.89 bits per heavy atom. The summed E-state index contributed by atoms with van der Waals surface area (Å²) in [6, 6.07) is 10.5. The number of benzene rings is 1. The molecule has 146 valence electrons. The van der Waals surface area contributed by atoms with Crippen LogP contribution in [0.2, 0.25) is 10.0 Å². The lowest BCUT2D eigenvalue weighted by Crippen LogP contribution is -2.39. The standard InChI is InChI=1S/C21H21Cl2N3O2/c22-15-5-1-4-14(7-15)21(28)25-17-6-2-3-13(8-17)20(27)19-10-16(23)9-18-11-24-12-26(18)19/h1,4-5,7,9-13,17,20,27H,2-3,6,8H2,(H,25,28). The molecule has 0 bridgehead atoms. The first-order chi connectivity index (χ1) is 13.5. The number of carbonyl (C=O) groups is 1.